The fourth-order valence-corrected chi connectivity index (χ4v) is 2.99. The standard InChI is InChI=1S/C15H21N4O8P/c1-11-14-15(17-6-16-11)19(7-18-14)4-5-23-10-28(22,26-8-24-12(2)20)27-9-25-13(3)21/h6-7H,4-5,8-10H2,1-3H3. The van der Waals surface area contributed by atoms with Crippen molar-refractivity contribution < 1.29 is 37.4 Å². The van der Waals surface area contributed by atoms with Crippen molar-refractivity contribution in [1.29, 1.82) is 0 Å². The first-order valence-electron chi connectivity index (χ1n) is 8.16. The molecule has 0 bridgehead atoms. The molecule has 12 nitrogen and oxygen atoms in total. The molecule has 0 aliphatic carbocycles. The van der Waals surface area contributed by atoms with E-state index in [0.29, 0.717) is 17.7 Å². The Morgan fingerprint density at radius 2 is 1.71 bits per heavy atom. The fourth-order valence-electron chi connectivity index (χ4n) is 1.99. The molecule has 154 valence electrons. The summed E-state index contributed by atoms with van der Waals surface area (Å²) in [4.78, 5) is 34.1. The number of aryl methyl sites for hydroxylation is 1. The number of ether oxygens (including phenoxy) is 3. The van der Waals surface area contributed by atoms with Crippen LogP contribution in [-0.4, -0.2) is 58.0 Å². The van der Waals surface area contributed by atoms with E-state index < -0.39 is 39.5 Å². The Labute approximate surface area is 160 Å². The summed E-state index contributed by atoms with van der Waals surface area (Å²) in [5.74, 6) is -1.23. The first-order chi connectivity index (χ1) is 13.3. The molecule has 0 amide bonds. The van der Waals surface area contributed by atoms with E-state index in [9.17, 15) is 14.2 Å². The zero-order valence-electron chi connectivity index (χ0n) is 15.7. The molecule has 28 heavy (non-hydrogen) atoms. The molecule has 0 saturated carbocycles. The summed E-state index contributed by atoms with van der Waals surface area (Å²) < 4.78 is 38.9. The van der Waals surface area contributed by atoms with E-state index in [2.05, 4.69) is 24.4 Å². The molecule has 2 aromatic heterocycles. The molecular formula is C15H21N4O8P. The molecule has 2 rings (SSSR count). The molecule has 2 aromatic rings. The molecule has 0 spiro atoms. The summed E-state index contributed by atoms with van der Waals surface area (Å²) in [6.07, 6.45) is 2.61. The molecule has 0 fully saturated rings. The summed E-state index contributed by atoms with van der Waals surface area (Å²) in [7, 11) is -3.82. The number of carbonyl (C=O) groups excluding carboxylic acids is 2. The molecule has 0 N–H and O–H groups in total. The first kappa shape index (κ1) is 21.9. The normalized spacial score (nSPS) is 11.5. The predicted octanol–water partition coefficient (Wildman–Crippen LogP) is 1.38. The Morgan fingerprint density at radius 3 is 2.32 bits per heavy atom. The highest BCUT2D eigenvalue weighted by atomic mass is 31.2. The van der Waals surface area contributed by atoms with Crippen molar-refractivity contribution in [3.63, 3.8) is 0 Å². The highest BCUT2D eigenvalue weighted by molar-refractivity contribution is 7.53. The molecule has 0 unspecified atom stereocenters. The fraction of sp³-hybridized carbons (Fsp3) is 0.533. The van der Waals surface area contributed by atoms with Crippen molar-refractivity contribution >= 4 is 30.7 Å². The maximum absolute atomic E-state index is 12.6. The van der Waals surface area contributed by atoms with E-state index in [4.69, 9.17) is 13.8 Å². The van der Waals surface area contributed by atoms with Gasteiger partial charge in [0.25, 0.3) is 0 Å². The van der Waals surface area contributed by atoms with Crippen molar-refractivity contribution in [2.75, 3.05) is 26.5 Å². The van der Waals surface area contributed by atoms with E-state index in [0.717, 1.165) is 5.69 Å². The highest BCUT2D eigenvalue weighted by Gasteiger charge is 2.26. The van der Waals surface area contributed by atoms with Crippen molar-refractivity contribution in [1.82, 2.24) is 19.5 Å². The van der Waals surface area contributed by atoms with E-state index >= 15 is 0 Å². The molecule has 0 saturated heterocycles. The lowest BCUT2D eigenvalue weighted by Crippen LogP contribution is -2.13. The number of rotatable bonds is 11. The number of esters is 2. The van der Waals surface area contributed by atoms with Gasteiger partial charge < -0.3 is 18.8 Å². The minimum absolute atomic E-state index is 0.145. The monoisotopic (exact) mass is 416 g/mol. The lowest BCUT2D eigenvalue weighted by Gasteiger charge is -2.18. The van der Waals surface area contributed by atoms with Crippen LogP contribution in [0.4, 0.5) is 0 Å². The Bertz CT molecular complexity index is 847. The number of hydrogen-bond donors (Lipinski definition) is 0. The third-order valence-electron chi connectivity index (χ3n) is 3.33. The van der Waals surface area contributed by atoms with Crippen molar-refractivity contribution in [2.45, 2.75) is 27.3 Å². The van der Waals surface area contributed by atoms with Crippen LogP contribution in [0.2, 0.25) is 0 Å². The molecule has 0 aliphatic heterocycles. The Hall–Kier alpha value is -2.40. The Kier molecular flexibility index (Phi) is 8.00. The molecule has 0 aromatic carbocycles. The largest absolute Gasteiger partial charge is 0.438 e. The highest BCUT2D eigenvalue weighted by Crippen LogP contribution is 2.48. The van der Waals surface area contributed by atoms with Crippen LogP contribution in [0.3, 0.4) is 0 Å². The van der Waals surface area contributed by atoms with Crippen LogP contribution in [0.15, 0.2) is 12.7 Å². The average Bonchev–Trinajstić information content (AvgIpc) is 3.03. The van der Waals surface area contributed by atoms with Gasteiger partial charge in [0.15, 0.2) is 5.65 Å². The van der Waals surface area contributed by atoms with Crippen molar-refractivity contribution in [3.8, 4) is 0 Å². The number of nitrogens with zero attached hydrogens (tertiary/aromatic N) is 4. The topological polar surface area (TPSA) is 141 Å². The maximum atomic E-state index is 12.6. The molecular weight excluding hydrogens is 395 g/mol. The average molecular weight is 416 g/mol. The zero-order valence-corrected chi connectivity index (χ0v) is 16.6. The van der Waals surface area contributed by atoms with E-state index in [1.54, 1.807) is 10.9 Å². The van der Waals surface area contributed by atoms with Crippen LogP contribution >= 0.6 is 7.60 Å². The van der Waals surface area contributed by atoms with Gasteiger partial charge in [-0.15, -0.1) is 0 Å². The van der Waals surface area contributed by atoms with Gasteiger partial charge in [0.2, 0.25) is 13.6 Å². The van der Waals surface area contributed by atoms with Gasteiger partial charge in [0.1, 0.15) is 18.2 Å². The second-order valence-electron chi connectivity index (χ2n) is 5.48. The predicted molar refractivity (Wildman–Crippen MR) is 93.9 cm³/mol. The summed E-state index contributed by atoms with van der Waals surface area (Å²) in [5, 5.41) is 0. The minimum Gasteiger partial charge on any atom is -0.438 e. The second kappa shape index (κ2) is 10.2. The lowest BCUT2D eigenvalue weighted by atomic mass is 10.4. The van der Waals surface area contributed by atoms with Crippen LogP contribution < -0.4 is 0 Å². The second-order valence-corrected chi connectivity index (χ2v) is 7.48. The smallest absolute Gasteiger partial charge is 0.361 e. The lowest BCUT2D eigenvalue weighted by molar-refractivity contribution is -0.149. The van der Waals surface area contributed by atoms with Crippen molar-refractivity contribution in [3.05, 3.63) is 18.3 Å². The van der Waals surface area contributed by atoms with Gasteiger partial charge in [-0.25, -0.2) is 15.0 Å². The Morgan fingerprint density at radius 1 is 1.07 bits per heavy atom. The van der Waals surface area contributed by atoms with Gasteiger partial charge in [0, 0.05) is 20.4 Å². The molecule has 0 radical (unpaired) electrons. The summed E-state index contributed by atoms with van der Waals surface area (Å²) in [6.45, 7) is 3.52. The number of imidazole rings is 1. The van der Waals surface area contributed by atoms with Crippen LogP contribution in [0.25, 0.3) is 11.2 Å². The first-order valence-corrected chi connectivity index (χ1v) is 9.88. The van der Waals surface area contributed by atoms with Crippen LogP contribution in [-0.2, 0) is 44.0 Å². The van der Waals surface area contributed by atoms with Gasteiger partial charge in [-0.1, -0.05) is 0 Å². The van der Waals surface area contributed by atoms with Gasteiger partial charge in [0.05, 0.1) is 18.6 Å². The minimum atomic E-state index is -3.82. The van der Waals surface area contributed by atoms with Crippen molar-refractivity contribution in [2.24, 2.45) is 0 Å². The third kappa shape index (κ3) is 6.64. The Balaban J connectivity index is 1.88. The van der Waals surface area contributed by atoms with Gasteiger partial charge in [-0.05, 0) is 6.92 Å². The summed E-state index contributed by atoms with van der Waals surface area (Å²) in [5.41, 5.74) is 2.09. The van der Waals surface area contributed by atoms with Gasteiger partial charge in [-0.2, -0.15) is 0 Å². The number of fused-ring (bicyclic) bond motifs is 1. The summed E-state index contributed by atoms with van der Waals surface area (Å²) in [6, 6.07) is 0. The van der Waals surface area contributed by atoms with Gasteiger partial charge in [-0.3, -0.25) is 23.2 Å². The van der Waals surface area contributed by atoms with Crippen LogP contribution in [0, 0.1) is 6.92 Å². The number of aromatic nitrogens is 4. The number of hydrogen-bond acceptors (Lipinski definition) is 11. The molecule has 0 aliphatic rings. The van der Waals surface area contributed by atoms with Crippen LogP contribution in [0.5, 0.6) is 0 Å². The molecule has 2 heterocycles. The number of carbonyl (C=O) groups is 2. The van der Waals surface area contributed by atoms with E-state index in [-0.39, 0.29) is 6.61 Å². The summed E-state index contributed by atoms with van der Waals surface area (Å²) >= 11 is 0. The molecule has 13 heteroatoms. The van der Waals surface area contributed by atoms with Gasteiger partial charge >= 0.3 is 19.5 Å². The molecule has 0 atom stereocenters. The quantitative estimate of drug-likeness (QED) is 0.227. The third-order valence-corrected chi connectivity index (χ3v) is 4.83. The van der Waals surface area contributed by atoms with Crippen LogP contribution in [0.1, 0.15) is 19.5 Å². The van der Waals surface area contributed by atoms with E-state index in [1.165, 1.54) is 20.2 Å². The zero-order chi connectivity index (χ0) is 20.6. The maximum Gasteiger partial charge on any atom is 0.361 e. The van der Waals surface area contributed by atoms with E-state index in [1.807, 2.05) is 6.92 Å². The SMILES string of the molecule is CC(=O)OCOP(=O)(COCCn1cnc2c(C)ncnc21)OCOC(C)=O.